The normalized spacial score (nSPS) is 12.2. The Bertz CT molecular complexity index is 750. The van der Waals surface area contributed by atoms with Crippen LogP contribution in [0.25, 0.3) is 10.1 Å². The fraction of sp³-hybridized carbons (Fsp3) is 0.333. The molecule has 1 aromatic heterocycles. The largest absolute Gasteiger partial charge is 0.369 e. The average molecular weight is 313 g/mol. The molecule has 0 saturated heterocycles. The van der Waals surface area contributed by atoms with Gasteiger partial charge in [-0.3, -0.25) is 4.79 Å². The van der Waals surface area contributed by atoms with Gasteiger partial charge in [0.2, 0.25) is 15.9 Å². The molecule has 1 heterocycles. The summed E-state index contributed by atoms with van der Waals surface area (Å²) < 4.78 is 32.1. The molecule has 0 spiro atoms. The van der Waals surface area contributed by atoms with Crippen molar-refractivity contribution in [3.63, 3.8) is 0 Å². The lowest BCUT2D eigenvalue weighted by Gasteiger charge is -2.10. The number of fused-ring (bicyclic) bond motifs is 1. The number of rotatable bonds is 5. The van der Waals surface area contributed by atoms with E-state index in [1.54, 1.807) is 26.0 Å². The fourth-order valence-corrected chi connectivity index (χ4v) is 4.29. The maximum Gasteiger partial charge on any atom is 0.241 e. The first-order valence-corrected chi connectivity index (χ1v) is 8.25. The number of nitrogens with two attached hydrogens (primary N) is 1. The zero-order chi connectivity index (χ0) is 14.9. The summed E-state index contributed by atoms with van der Waals surface area (Å²) in [7, 11) is -3.65. The molecule has 0 atom stereocenters. The van der Waals surface area contributed by atoms with E-state index in [1.807, 2.05) is 0 Å². The molecule has 0 saturated carbocycles. The van der Waals surface area contributed by atoms with Gasteiger partial charge in [0.15, 0.2) is 0 Å². The summed E-state index contributed by atoms with van der Waals surface area (Å²) in [6.07, 6.45) is -0.0752. The lowest BCUT2D eigenvalue weighted by Crippen LogP contribution is -2.30. The van der Waals surface area contributed by atoms with E-state index >= 15 is 0 Å². The van der Waals surface area contributed by atoms with Crippen LogP contribution in [0.3, 0.4) is 0 Å². The zero-order valence-electron chi connectivity index (χ0n) is 11.1. The van der Waals surface area contributed by atoms with Gasteiger partial charge in [-0.1, -0.05) is 6.07 Å². The topological polar surface area (TPSA) is 102 Å². The number of primary amides is 1. The van der Waals surface area contributed by atoms with Crippen LogP contribution in [0.15, 0.2) is 23.1 Å². The molecule has 108 valence electrons. The van der Waals surface area contributed by atoms with Crippen molar-refractivity contribution in [1.82, 2.24) is 9.10 Å². The molecular formula is C12H15N3O3S2. The smallest absolute Gasteiger partial charge is 0.241 e. The molecule has 1 aromatic carbocycles. The van der Waals surface area contributed by atoms with Crippen molar-refractivity contribution in [2.45, 2.75) is 31.2 Å². The predicted octanol–water partition coefficient (Wildman–Crippen LogP) is 1.01. The second-order valence-electron chi connectivity index (χ2n) is 4.68. The summed E-state index contributed by atoms with van der Waals surface area (Å²) in [5.74, 6) is -0.541. The first kappa shape index (κ1) is 14.9. The quantitative estimate of drug-likeness (QED) is 0.860. The van der Waals surface area contributed by atoms with Gasteiger partial charge in [-0.05, 0) is 37.5 Å². The number of hydrogen-bond acceptors (Lipinski definition) is 5. The van der Waals surface area contributed by atoms with Crippen molar-refractivity contribution in [2.24, 2.45) is 5.73 Å². The maximum absolute atomic E-state index is 12.3. The molecule has 2 rings (SSSR count). The number of carbonyl (C=O) groups excluding carboxylic acids is 1. The monoisotopic (exact) mass is 313 g/mol. The SMILES string of the molecule is CC(C)NS(=O)(=O)c1cccc2snc(CC(N)=O)c12. The molecule has 3 N–H and O–H groups in total. The molecule has 6 nitrogen and oxygen atoms in total. The average Bonchev–Trinajstić information content (AvgIpc) is 2.70. The highest BCUT2D eigenvalue weighted by Gasteiger charge is 2.22. The van der Waals surface area contributed by atoms with Crippen LogP contribution in [-0.4, -0.2) is 24.7 Å². The van der Waals surface area contributed by atoms with Gasteiger partial charge in [0, 0.05) is 11.4 Å². The van der Waals surface area contributed by atoms with Crippen molar-refractivity contribution < 1.29 is 13.2 Å². The highest BCUT2D eigenvalue weighted by Crippen LogP contribution is 2.29. The minimum Gasteiger partial charge on any atom is -0.369 e. The summed E-state index contributed by atoms with van der Waals surface area (Å²) >= 11 is 1.16. The first-order valence-electron chi connectivity index (χ1n) is 5.99. The number of sulfonamides is 1. The van der Waals surface area contributed by atoms with Crippen molar-refractivity contribution in [1.29, 1.82) is 0 Å². The molecule has 0 radical (unpaired) electrons. The zero-order valence-corrected chi connectivity index (χ0v) is 12.7. The van der Waals surface area contributed by atoms with Gasteiger partial charge in [0.25, 0.3) is 0 Å². The highest BCUT2D eigenvalue weighted by atomic mass is 32.2. The lowest BCUT2D eigenvalue weighted by atomic mass is 10.2. The Morgan fingerprint density at radius 1 is 1.45 bits per heavy atom. The third-order valence-corrected chi connectivity index (χ3v) is 5.10. The van der Waals surface area contributed by atoms with Crippen LogP contribution in [0.1, 0.15) is 19.5 Å². The molecule has 2 aromatic rings. The number of aromatic nitrogens is 1. The Hall–Kier alpha value is -1.51. The summed E-state index contributed by atoms with van der Waals surface area (Å²) in [6.45, 7) is 3.49. The number of carbonyl (C=O) groups is 1. The number of hydrogen-bond donors (Lipinski definition) is 2. The van der Waals surface area contributed by atoms with Crippen LogP contribution in [0, 0.1) is 0 Å². The standard InChI is InChI=1S/C12H15N3O3S2/c1-7(2)15-20(17,18)10-5-3-4-9-12(10)8(14-19-9)6-11(13)16/h3-5,7,15H,6H2,1-2H3,(H2,13,16). The van der Waals surface area contributed by atoms with Gasteiger partial charge in [-0.25, -0.2) is 13.1 Å². The van der Waals surface area contributed by atoms with Crippen molar-refractivity contribution in [2.75, 3.05) is 0 Å². The minimum atomic E-state index is -3.65. The predicted molar refractivity (Wildman–Crippen MR) is 78.0 cm³/mol. The molecule has 1 amide bonds. The van der Waals surface area contributed by atoms with Crippen LogP contribution < -0.4 is 10.5 Å². The molecule has 8 heteroatoms. The highest BCUT2D eigenvalue weighted by molar-refractivity contribution is 7.89. The molecule has 0 aliphatic heterocycles. The lowest BCUT2D eigenvalue weighted by molar-refractivity contribution is -0.117. The minimum absolute atomic E-state index is 0.0752. The number of benzene rings is 1. The van der Waals surface area contributed by atoms with Crippen LogP contribution in [0.4, 0.5) is 0 Å². The summed E-state index contributed by atoms with van der Waals surface area (Å²) in [5.41, 5.74) is 5.58. The molecule has 0 bridgehead atoms. The van der Waals surface area contributed by atoms with E-state index in [-0.39, 0.29) is 17.4 Å². The van der Waals surface area contributed by atoms with Crippen LogP contribution in [-0.2, 0) is 21.2 Å². The van der Waals surface area contributed by atoms with E-state index in [1.165, 1.54) is 6.07 Å². The van der Waals surface area contributed by atoms with Crippen LogP contribution >= 0.6 is 11.5 Å². The van der Waals surface area contributed by atoms with E-state index in [4.69, 9.17) is 5.73 Å². The molecule has 20 heavy (non-hydrogen) atoms. The molecule has 0 aliphatic carbocycles. The number of amides is 1. The summed E-state index contributed by atoms with van der Waals surface area (Å²) in [6, 6.07) is 4.71. The molecular weight excluding hydrogens is 298 g/mol. The van der Waals surface area contributed by atoms with E-state index in [9.17, 15) is 13.2 Å². The van der Waals surface area contributed by atoms with E-state index in [0.717, 1.165) is 11.5 Å². The number of nitrogens with zero attached hydrogens (tertiary/aromatic N) is 1. The van der Waals surface area contributed by atoms with Gasteiger partial charge in [0.1, 0.15) is 0 Å². The van der Waals surface area contributed by atoms with Crippen molar-refractivity contribution >= 4 is 37.5 Å². The van der Waals surface area contributed by atoms with Crippen LogP contribution in [0.2, 0.25) is 0 Å². The van der Waals surface area contributed by atoms with E-state index in [0.29, 0.717) is 15.8 Å². The Kier molecular flexibility index (Phi) is 4.07. The Morgan fingerprint density at radius 3 is 2.75 bits per heavy atom. The fourth-order valence-electron chi connectivity index (χ4n) is 1.90. The van der Waals surface area contributed by atoms with Gasteiger partial charge < -0.3 is 5.73 Å². The third-order valence-electron chi connectivity index (χ3n) is 2.55. The van der Waals surface area contributed by atoms with Gasteiger partial charge in [0.05, 0.1) is 21.7 Å². The van der Waals surface area contributed by atoms with Gasteiger partial charge in [-0.2, -0.15) is 4.37 Å². The molecule has 0 aliphatic rings. The van der Waals surface area contributed by atoms with Gasteiger partial charge >= 0.3 is 0 Å². The van der Waals surface area contributed by atoms with Crippen molar-refractivity contribution in [3.8, 4) is 0 Å². The van der Waals surface area contributed by atoms with E-state index < -0.39 is 15.9 Å². The molecule has 0 unspecified atom stereocenters. The van der Waals surface area contributed by atoms with Crippen molar-refractivity contribution in [3.05, 3.63) is 23.9 Å². The Balaban J connectivity index is 2.64. The molecule has 0 fully saturated rings. The third kappa shape index (κ3) is 2.97. The first-order chi connectivity index (χ1) is 9.31. The summed E-state index contributed by atoms with van der Waals surface area (Å²) in [4.78, 5) is 11.2. The number of nitrogens with one attached hydrogen (secondary N) is 1. The second kappa shape index (κ2) is 5.47. The maximum atomic E-state index is 12.3. The second-order valence-corrected chi connectivity index (χ2v) is 7.17. The summed E-state index contributed by atoms with van der Waals surface area (Å²) in [5, 5.41) is 0.476. The van der Waals surface area contributed by atoms with Gasteiger partial charge in [-0.15, -0.1) is 0 Å². The Labute approximate surface area is 121 Å². The van der Waals surface area contributed by atoms with Crippen LogP contribution in [0.5, 0.6) is 0 Å². The Morgan fingerprint density at radius 2 is 2.15 bits per heavy atom. The van der Waals surface area contributed by atoms with E-state index in [2.05, 4.69) is 9.10 Å².